The summed E-state index contributed by atoms with van der Waals surface area (Å²) in [6, 6.07) is 5.96. The van der Waals surface area contributed by atoms with Gasteiger partial charge in [0.2, 0.25) is 5.91 Å². The quantitative estimate of drug-likeness (QED) is 0.908. The van der Waals surface area contributed by atoms with Crippen LogP contribution in [0, 0.1) is 0 Å². The smallest absolute Gasteiger partial charge is 0.241 e. The fourth-order valence-corrected chi connectivity index (χ4v) is 4.40. The third-order valence-corrected chi connectivity index (χ3v) is 5.73. The molecule has 0 spiro atoms. The van der Waals surface area contributed by atoms with Crippen molar-refractivity contribution >= 4 is 38.3 Å². The van der Waals surface area contributed by atoms with E-state index in [0.29, 0.717) is 0 Å². The Bertz CT molecular complexity index is 702. The summed E-state index contributed by atoms with van der Waals surface area (Å²) in [5, 5.41) is 7.44. The van der Waals surface area contributed by atoms with Gasteiger partial charge in [0.05, 0.1) is 16.3 Å². The first-order valence-corrected chi connectivity index (χ1v) is 9.31. The molecule has 1 aromatic carbocycles. The monoisotopic (exact) mass is 330 g/mol. The molecule has 2 aromatic rings. The van der Waals surface area contributed by atoms with Crippen LogP contribution in [0.25, 0.3) is 10.2 Å². The number of hydrogen-bond donors (Lipinski definition) is 2. The van der Waals surface area contributed by atoms with Crippen LogP contribution < -0.4 is 15.5 Å². The number of rotatable bonds is 3. The maximum absolute atomic E-state index is 12.3. The standard InChI is InChI=1S/C17H22N4OS/c22-16(14-5-1-2-8-18-14)19-12-6-7-13-15(11-12)23-17(20-13)21-9-3-4-10-21/h6-7,11,14,18H,1-5,8-10H2,(H,19,22). The van der Waals surface area contributed by atoms with Crippen molar-refractivity contribution in [3.05, 3.63) is 18.2 Å². The third-order valence-electron chi connectivity index (χ3n) is 4.65. The van der Waals surface area contributed by atoms with Gasteiger partial charge in [-0.1, -0.05) is 17.8 Å². The molecule has 0 radical (unpaired) electrons. The lowest BCUT2D eigenvalue weighted by molar-refractivity contribution is -0.118. The van der Waals surface area contributed by atoms with Gasteiger partial charge in [-0.25, -0.2) is 4.98 Å². The van der Waals surface area contributed by atoms with Crippen molar-refractivity contribution in [2.75, 3.05) is 29.9 Å². The summed E-state index contributed by atoms with van der Waals surface area (Å²) in [6.07, 6.45) is 5.72. The van der Waals surface area contributed by atoms with E-state index in [4.69, 9.17) is 4.98 Å². The zero-order valence-electron chi connectivity index (χ0n) is 13.2. The topological polar surface area (TPSA) is 57.3 Å². The highest BCUT2D eigenvalue weighted by atomic mass is 32.1. The van der Waals surface area contributed by atoms with E-state index >= 15 is 0 Å². The molecule has 4 rings (SSSR count). The Kier molecular flexibility index (Phi) is 4.18. The Morgan fingerprint density at radius 3 is 2.91 bits per heavy atom. The van der Waals surface area contributed by atoms with Gasteiger partial charge in [0.25, 0.3) is 0 Å². The van der Waals surface area contributed by atoms with Gasteiger partial charge in [0.1, 0.15) is 0 Å². The average Bonchev–Trinajstić information content (AvgIpc) is 3.24. The molecule has 1 unspecified atom stereocenters. The van der Waals surface area contributed by atoms with E-state index < -0.39 is 0 Å². The van der Waals surface area contributed by atoms with E-state index in [1.54, 1.807) is 11.3 Å². The van der Waals surface area contributed by atoms with Gasteiger partial charge in [-0.05, 0) is 50.4 Å². The fourth-order valence-electron chi connectivity index (χ4n) is 3.34. The number of piperidine rings is 1. The molecule has 3 heterocycles. The first kappa shape index (κ1) is 14.9. The SMILES string of the molecule is O=C(Nc1ccc2nc(N3CCCC3)sc2c1)C1CCCCN1. The molecule has 0 aliphatic carbocycles. The van der Waals surface area contributed by atoms with Gasteiger partial charge >= 0.3 is 0 Å². The summed E-state index contributed by atoms with van der Waals surface area (Å²) < 4.78 is 1.14. The molecular weight excluding hydrogens is 308 g/mol. The lowest BCUT2D eigenvalue weighted by Gasteiger charge is -2.22. The first-order valence-electron chi connectivity index (χ1n) is 8.49. The van der Waals surface area contributed by atoms with Crippen molar-refractivity contribution < 1.29 is 4.79 Å². The van der Waals surface area contributed by atoms with Crippen molar-refractivity contribution in [1.29, 1.82) is 0 Å². The van der Waals surface area contributed by atoms with Crippen LogP contribution in [0.2, 0.25) is 0 Å². The molecule has 1 amide bonds. The predicted molar refractivity (Wildman–Crippen MR) is 95.3 cm³/mol. The summed E-state index contributed by atoms with van der Waals surface area (Å²) in [7, 11) is 0. The van der Waals surface area contributed by atoms with Gasteiger partial charge in [0, 0.05) is 18.8 Å². The maximum atomic E-state index is 12.3. The van der Waals surface area contributed by atoms with Crippen molar-refractivity contribution in [3.8, 4) is 0 Å². The van der Waals surface area contributed by atoms with Crippen molar-refractivity contribution in [1.82, 2.24) is 10.3 Å². The highest BCUT2D eigenvalue weighted by Crippen LogP contribution is 2.32. The minimum Gasteiger partial charge on any atom is -0.348 e. The number of benzene rings is 1. The van der Waals surface area contributed by atoms with Gasteiger partial charge in [-0.2, -0.15) is 0 Å². The normalized spacial score (nSPS) is 21.7. The highest BCUT2D eigenvalue weighted by Gasteiger charge is 2.21. The van der Waals surface area contributed by atoms with E-state index in [-0.39, 0.29) is 11.9 Å². The van der Waals surface area contributed by atoms with Gasteiger partial charge in [-0.3, -0.25) is 4.79 Å². The van der Waals surface area contributed by atoms with Crippen LogP contribution in [0.3, 0.4) is 0 Å². The van der Waals surface area contributed by atoms with Crippen LogP contribution in [-0.4, -0.2) is 36.6 Å². The first-order chi connectivity index (χ1) is 11.3. The molecule has 0 bridgehead atoms. The summed E-state index contributed by atoms with van der Waals surface area (Å²) >= 11 is 1.72. The van der Waals surface area contributed by atoms with Crippen LogP contribution in [0.1, 0.15) is 32.1 Å². The second-order valence-corrected chi connectivity index (χ2v) is 7.37. The largest absolute Gasteiger partial charge is 0.348 e. The summed E-state index contributed by atoms with van der Waals surface area (Å²) in [4.78, 5) is 19.4. The number of nitrogens with one attached hydrogen (secondary N) is 2. The highest BCUT2D eigenvalue weighted by molar-refractivity contribution is 7.22. The van der Waals surface area contributed by atoms with Crippen LogP contribution in [-0.2, 0) is 4.79 Å². The van der Waals surface area contributed by atoms with Crippen molar-refractivity contribution in [2.24, 2.45) is 0 Å². The molecule has 5 nitrogen and oxygen atoms in total. The van der Waals surface area contributed by atoms with Gasteiger partial charge in [-0.15, -0.1) is 0 Å². The number of carbonyl (C=O) groups is 1. The lowest BCUT2D eigenvalue weighted by atomic mass is 10.0. The molecule has 23 heavy (non-hydrogen) atoms. The minimum atomic E-state index is -0.0546. The molecule has 0 saturated carbocycles. The number of thiazole rings is 1. The van der Waals surface area contributed by atoms with Crippen LogP contribution >= 0.6 is 11.3 Å². The number of hydrogen-bond acceptors (Lipinski definition) is 5. The second kappa shape index (κ2) is 6.45. The molecule has 2 aliphatic heterocycles. The molecule has 1 aromatic heterocycles. The van der Waals surface area contributed by atoms with Gasteiger partial charge < -0.3 is 15.5 Å². The zero-order valence-corrected chi connectivity index (χ0v) is 14.0. The number of fused-ring (bicyclic) bond motifs is 1. The molecule has 1 atom stereocenters. The molecule has 6 heteroatoms. The summed E-state index contributed by atoms with van der Waals surface area (Å²) in [5.41, 5.74) is 1.89. The Morgan fingerprint density at radius 2 is 2.13 bits per heavy atom. The van der Waals surface area contributed by atoms with Gasteiger partial charge in [0.15, 0.2) is 5.13 Å². The Morgan fingerprint density at radius 1 is 1.26 bits per heavy atom. The molecule has 122 valence electrons. The van der Waals surface area contributed by atoms with E-state index in [2.05, 4.69) is 15.5 Å². The van der Waals surface area contributed by atoms with E-state index in [1.165, 1.54) is 12.8 Å². The van der Waals surface area contributed by atoms with Crippen molar-refractivity contribution in [2.45, 2.75) is 38.1 Å². The van der Waals surface area contributed by atoms with E-state index in [1.807, 2.05) is 18.2 Å². The van der Waals surface area contributed by atoms with Crippen molar-refractivity contribution in [3.63, 3.8) is 0 Å². The van der Waals surface area contributed by atoms with E-state index in [0.717, 1.165) is 59.9 Å². The molecule has 2 saturated heterocycles. The maximum Gasteiger partial charge on any atom is 0.241 e. The van der Waals surface area contributed by atoms with Crippen LogP contribution in [0.15, 0.2) is 18.2 Å². The molecule has 2 N–H and O–H groups in total. The summed E-state index contributed by atoms with van der Waals surface area (Å²) in [5.74, 6) is 0.0772. The summed E-state index contributed by atoms with van der Waals surface area (Å²) in [6.45, 7) is 3.15. The molecular formula is C17H22N4OS. The third kappa shape index (κ3) is 3.19. The number of carbonyl (C=O) groups excluding carboxylic acids is 1. The minimum absolute atomic E-state index is 0.0546. The Labute approximate surface area is 140 Å². The molecule has 2 aliphatic rings. The Balaban J connectivity index is 1.50. The second-order valence-electron chi connectivity index (χ2n) is 6.36. The van der Waals surface area contributed by atoms with Crippen LogP contribution in [0.5, 0.6) is 0 Å². The predicted octanol–water partition coefficient (Wildman–Crippen LogP) is 2.98. The number of anilines is 2. The number of aromatic nitrogens is 1. The Hall–Kier alpha value is -1.66. The van der Waals surface area contributed by atoms with Crippen LogP contribution in [0.4, 0.5) is 10.8 Å². The lowest BCUT2D eigenvalue weighted by Crippen LogP contribution is -2.43. The zero-order chi connectivity index (χ0) is 15.6. The number of nitrogens with zero attached hydrogens (tertiary/aromatic N) is 2. The average molecular weight is 330 g/mol. The van der Waals surface area contributed by atoms with E-state index in [9.17, 15) is 4.79 Å². The number of amides is 1. The fraction of sp³-hybridized carbons (Fsp3) is 0.529. The molecule has 2 fully saturated rings.